The fourth-order valence-corrected chi connectivity index (χ4v) is 3.79. The molecular weight excluding hydrogens is 270 g/mol. The maximum absolute atomic E-state index is 12.6. The van der Waals surface area contributed by atoms with Gasteiger partial charge in [0.25, 0.3) is 0 Å². The van der Waals surface area contributed by atoms with Crippen LogP contribution in [0.1, 0.15) is 51.6 Å². The van der Waals surface area contributed by atoms with Gasteiger partial charge in [-0.15, -0.1) is 11.3 Å². The van der Waals surface area contributed by atoms with Crippen molar-refractivity contribution in [3.8, 4) is 0 Å². The van der Waals surface area contributed by atoms with E-state index in [4.69, 9.17) is 5.73 Å². The summed E-state index contributed by atoms with van der Waals surface area (Å²) in [4.78, 5) is 16.9. The van der Waals surface area contributed by atoms with Crippen molar-refractivity contribution >= 4 is 17.2 Å². The third kappa shape index (κ3) is 2.88. The summed E-state index contributed by atoms with van der Waals surface area (Å²) in [7, 11) is 0. The Morgan fingerprint density at radius 3 is 2.85 bits per heavy atom. The molecule has 1 aromatic heterocycles. The van der Waals surface area contributed by atoms with Crippen molar-refractivity contribution in [2.24, 2.45) is 23.0 Å². The second-order valence-electron chi connectivity index (χ2n) is 6.50. The van der Waals surface area contributed by atoms with Gasteiger partial charge in [-0.25, -0.2) is 4.98 Å². The molecule has 0 saturated heterocycles. The smallest absolute Gasteiger partial charge is 0.224 e. The van der Waals surface area contributed by atoms with E-state index in [1.54, 1.807) is 17.5 Å². The summed E-state index contributed by atoms with van der Waals surface area (Å²) in [5.74, 6) is 0.512. The lowest BCUT2D eigenvalue weighted by molar-refractivity contribution is -0.133. The molecular formula is C15H25N3OS. The van der Waals surface area contributed by atoms with Gasteiger partial charge in [0.1, 0.15) is 5.01 Å². The van der Waals surface area contributed by atoms with Gasteiger partial charge in [0, 0.05) is 23.5 Å². The van der Waals surface area contributed by atoms with Crippen LogP contribution in [0.15, 0.2) is 11.6 Å². The quantitative estimate of drug-likeness (QED) is 0.901. The number of hydrogen-bond acceptors (Lipinski definition) is 4. The summed E-state index contributed by atoms with van der Waals surface area (Å²) in [6.07, 6.45) is 3.57. The Morgan fingerprint density at radius 2 is 2.25 bits per heavy atom. The normalized spacial score (nSPS) is 30.8. The predicted molar refractivity (Wildman–Crippen MR) is 82.3 cm³/mol. The zero-order chi connectivity index (χ0) is 14.9. The molecule has 2 rings (SSSR count). The van der Waals surface area contributed by atoms with Crippen LogP contribution in [0.3, 0.4) is 0 Å². The maximum Gasteiger partial charge on any atom is 0.224 e. The lowest BCUT2D eigenvalue weighted by Crippen LogP contribution is -2.51. The minimum Gasteiger partial charge on any atom is -0.347 e. The van der Waals surface area contributed by atoms with E-state index in [-0.39, 0.29) is 29.3 Å². The number of hydrogen-bond donors (Lipinski definition) is 2. The van der Waals surface area contributed by atoms with E-state index in [1.807, 2.05) is 12.3 Å². The van der Waals surface area contributed by atoms with E-state index in [1.165, 1.54) is 0 Å². The summed E-state index contributed by atoms with van der Waals surface area (Å²) in [5, 5.41) is 6.00. The molecule has 0 radical (unpaired) electrons. The molecule has 3 N–H and O–H groups in total. The van der Waals surface area contributed by atoms with E-state index in [2.05, 4.69) is 31.1 Å². The summed E-state index contributed by atoms with van der Waals surface area (Å²) in [6, 6.07) is 0.176. The highest BCUT2D eigenvalue weighted by Gasteiger charge is 2.45. The third-order valence-electron chi connectivity index (χ3n) is 5.00. The number of thiazole rings is 1. The molecule has 0 bridgehead atoms. The Labute approximate surface area is 125 Å². The van der Waals surface area contributed by atoms with E-state index >= 15 is 0 Å². The van der Waals surface area contributed by atoms with Crippen LogP contribution in [0.4, 0.5) is 0 Å². The van der Waals surface area contributed by atoms with Crippen LogP contribution >= 0.6 is 11.3 Å². The molecule has 1 saturated carbocycles. The zero-order valence-corrected chi connectivity index (χ0v) is 13.5. The fraction of sp³-hybridized carbons (Fsp3) is 0.733. The zero-order valence-electron chi connectivity index (χ0n) is 12.7. The summed E-state index contributed by atoms with van der Waals surface area (Å²) in [5.41, 5.74) is 6.09. The van der Waals surface area contributed by atoms with Crippen LogP contribution in [0.5, 0.6) is 0 Å². The van der Waals surface area contributed by atoms with Gasteiger partial charge in [-0.2, -0.15) is 0 Å². The minimum atomic E-state index is -0.0651. The molecule has 0 aromatic carbocycles. The van der Waals surface area contributed by atoms with Gasteiger partial charge in [-0.3, -0.25) is 4.79 Å². The number of aromatic nitrogens is 1. The van der Waals surface area contributed by atoms with Crippen molar-refractivity contribution in [3.05, 3.63) is 16.6 Å². The van der Waals surface area contributed by atoms with Gasteiger partial charge in [-0.1, -0.05) is 20.8 Å². The van der Waals surface area contributed by atoms with Crippen molar-refractivity contribution in [2.45, 2.75) is 52.6 Å². The minimum absolute atomic E-state index is 0.0239. The fourth-order valence-electron chi connectivity index (χ4n) is 3.14. The lowest BCUT2D eigenvalue weighted by atomic mass is 9.61. The van der Waals surface area contributed by atoms with Crippen LogP contribution in [0, 0.1) is 17.3 Å². The summed E-state index contributed by atoms with van der Waals surface area (Å²) >= 11 is 1.57. The van der Waals surface area contributed by atoms with Crippen LogP contribution in [0.25, 0.3) is 0 Å². The summed E-state index contributed by atoms with van der Waals surface area (Å²) in [6.45, 7) is 8.47. The number of nitrogens with zero attached hydrogens (tertiary/aromatic N) is 1. The molecule has 5 heteroatoms. The Balaban J connectivity index is 2.05. The SMILES string of the molecule is CC(NC(=O)C1CCC(N)C(C)C1(C)C)c1nccs1. The highest BCUT2D eigenvalue weighted by atomic mass is 32.1. The van der Waals surface area contributed by atoms with E-state index in [0.717, 1.165) is 17.8 Å². The molecule has 4 atom stereocenters. The molecule has 0 aliphatic heterocycles. The number of nitrogens with two attached hydrogens (primary N) is 1. The Morgan fingerprint density at radius 1 is 1.55 bits per heavy atom. The molecule has 1 fully saturated rings. The topological polar surface area (TPSA) is 68.0 Å². The number of carbonyl (C=O) groups excluding carboxylic acids is 1. The van der Waals surface area contributed by atoms with Crippen LogP contribution < -0.4 is 11.1 Å². The Hall–Kier alpha value is -0.940. The number of rotatable bonds is 3. The number of amides is 1. The Bertz CT molecular complexity index is 458. The molecule has 1 amide bonds. The first-order chi connectivity index (χ1) is 9.34. The van der Waals surface area contributed by atoms with Gasteiger partial charge in [0.05, 0.1) is 6.04 Å². The van der Waals surface area contributed by atoms with Crippen LogP contribution in [-0.2, 0) is 4.79 Å². The van der Waals surface area contributed by atoms with E-state index < -0.39 is 0 Å². The van der Waals surface area contributed by atoms with E-state index in [0.29, 0.717) is 5.92 Å². The monoisotopic (exact) mass is 295 g/mol. The molecule has 0 spiro atoms. The molecule has 4 nitrogen and oxygen atoms in total. The van der Waals surface area contributed by atoms with Crippen molar-refractivity contribution in [1.82, 2.24) is 10.3 Å². The molecule has 1 heterocycles. The third-order valence-corrected chi connectivity index (χ3v) is 5.96. The van der Waals surface area contributed by atoms with Gasteiger partial charge >= 0.3 is 0 Å². The molecule has 1 aliphatic rings. The molecule has 112 valence electrons. The summed E-state index contributed by atoms with van der Waals surface area (Å²) < 4.78 is 0. The average molecular weight is 295 g/mol. The van der Waals surface area contributed by atoms with Gasteiger partial charge in [0.2, 0.25) is 5.91 Å². The number of nitrogens with one attached hydrogen (secondary N) is 1. The first kappa shape index (κ1) is 15.4. The first-order valence-corrected chi connectivity index (χ1v) is 8.17. The molecule has 1 aliphatic carbocycles. The second-order valence-corrected chi connectivity index (χ2v) is 7.43. The average Bonchev–Trinajstić information content (AvgIpc) is 2.89. The first-order valence-electron chi connectivity index (χ1n) is 7.29. The Kier molecular flexibility index (Phi) is 4.49. The largest absolute Gasteiger partial charge is 0.347 e. The van der Waals surface area contributed by atoms with Crippen molar-refractivity contribution < 1.29 is 4.79 Å². The van der Waals surface area contributed by atoms with Crippen molar-refractivity contribution in [1.29, 1.82) is 0 Å². The van der Waals surface area contributed by atoms with Crippen LogP contribution in [-0.4, -0.2) is 16.9 Å². The van der Waals surface area contributed by atoms with Gasteiger partial charge in [0.15, 0.2) is 0 Å². The van der Waals surface area contributed by atoms with Crippen molar-refractivity contribution in [2.75, 3.05) is 0 Å². The maximum atomic E-state index is 12.6. The molecule has 4 unspecified atom stereocenters. The standard InChI is InChI=1S/C15H25N3OS/c1-9-12(16)6-5-11(15(9,3)4)13(19)18-10(2)14-17-7-8-20-14/h7-12H,5-6,16H2,1-4H3,(H,18,19). The van der Waals surface area contributed by atoms with E-state index in [9.17, 15) is 4.79 Å². The molecule has 1 aromatic rings. The highest BCUT2D eigenvalue weighted by Crippen LogP contribution is 2.44. The van der Waals surface area contributed by atoms with Crippen molar-refractivity contribution in [3.63, 3.8) is 0 Å². The highest BCUT2D eigenvalue weighted by molar-refractivity contribution is 7.09. The predicted octanol–water partition coefficient (Wildman–Crippen LogP) is 2.72. The second kappa shape index (κ2) is 5.82. The van der Waals surface area contributed by atoms with Crippen LogP contribution in [0.2, 0.25) is 0 Å². The molecule has 20 heavy (non-hydrogen) atoms. The van der Waals surface area contributed by atoms with Gasteiger partial charge in [-0.05, 0) is 31.1 Å². The van der Waals surface area contributed by atoms with Gasteiger partial charge < -0.3 is 11.1 Å². The lowest BCUT2D eigenvalue weighted by Gasteiger charge is -2.46. The number of carbonyl (C=O) groups is 1.